The Morgan fingerprint density at radius 3 is 1.10 bits per heavy atom. The fourth-order valence-corrected chi connectivity index (χ4v) is 22.3. The van der Waals surface area contributed by atoms with Gasteiger partial charge in [0.15, 0.2) is 23.0 Å². The molecule has 55 heteroatoms. The lowest BCUT2D eigenvalue weighted by Gasteiger charge is -2.36. The van der Waals surface area contributed by atoms with E-state index < -0.39 is 183 Å². The van der Waals surface area contributed by atoms with Crippen molar-refractivity contribution in [2.45, 2.75) is 233 Å². The summed E-state index contributed by atoms with van der Waals surface area (Å²) in [4.78, 5) is 118. The summed E-state index contributed by atoms with van der Waals surface area (Å²) in [7, 11) is -26.9. The van der Waals surface area contributed by atoms with E-state index in [1.807, 2.05) is 26.5 Å². The lowest BCUT2D eigenvalue weighted by Crippen LogP contribution is -2.52. The highest BCUT2D eigenvalue weighted by molar-refractivity contribution is 8.00. The first kappa shape index (κ1) is 112. The third kappa shape index (κ3) is 41.1. The Balaban J connectivity index is 0.901. The zero-order valence-electron chi connectivity index (χ0n) is 76.6. The minimum Gasteiger partial charge on any atom is -0.489 e. The number of hydrogen-bond acceptors (Lipinski definition) is 35. The smallest absolute Gasteiger partial charge is 0.315 e. The number of unbranched alkanes of at least 4 members (excludes halogenated alkanes) is 4. The van der Waals surface area contributed by atoms with E-state index >= 15 is 0 Å². The second-order valence-corrected chi connectivity index (χ2v) is 46.9. The van der Waals surface area contributed by atoms with Gasteiger partial charge in [0.05, 0.1) is 86.2 Å². The van der Waals surface area contributed by atoms with Crippen molar-refractivity contribution in [3.63, 3.8) is 0 Å². The van der Waals surface area contributed by atoms with Gasteiger partial charge < -0.3 is 97.1 Å². The van der Waals surface area contributed by atoms with Crippen LogP contribution in [0.3, 0.4) is 0 Å². The van der Waals surface area contributed by atoms with Crippen LogP contribution in [0.25, 0.3) is 0 Å². The maximum absolute atomic E-state index is 14.9. The number of carbonyl (C=O) groups is 7. The van der Waals surface area contributed by atoms with Gasteiger partial charge in [0, 0.05) is 122 Å². The molecule has 137 heavy (non-hydrogen) atoms. The normalized spacial score (nSPS) is 19.7. The molecule has 2 aromatic carbocycles. The highest BCUT2D eigenvalue weighted by Crippen LogP contribution is 2.43. The quantitative estimate of drug-likeness (QED) is 0.0219. The molecule has 0 saturated carbocycles. The number of urea groups is 1. The molecule has 9 rings (SSSR count). The molecule has 0 bridgehead atoms. The molecule has 8 amide bonds. The number of nitrogens with two attached hydrogens (primary N) is 2. The van der Waals surface area contributed by atoms with E-state index in [0.717, 1.165) is 37.2 Å². The number of nitrogens with zero attached hydrogens (tertiary/aromatic N) is 6. The molecule has 1 aromatic heterocycles. The number of benzene rings is 2. The number of carbonyl (C=O) groups excluding carboxylic acids is 7. The lowest BCUT2D eigenvalue weighted by molar-refractivity contribution is -0.124. The number of amides is 8. The first-order valence-corrected chi connectivity index (χ1v) is 57.9. The predicted octanol–water partition coefficient (Wildman–Crippen LogP) is 2.44. The van der Waals surface area contributed by atoms with Crippen LogP contribution in [0.15, 0.2) is 24.3 Å². The summed E-state index contributed by atoms with van der Waals surface area (Å²) in [5.74, 6) is -6.32. The van der Waals surface area contributed by atoms with E-state index in [4.69, 9.17) is 54.8 Å². The second-order valence-electron chi connectivity index (χ2n) is 34.9. The number of piperidine rings is 3. The first-order valence-electron chi connectivity index (χ1n) is 46.2. The van der Waals surface area contributed by atoms with Crippen LogP contribution in [0.5, 0.6) is 34.5 Å². The highest BCUT2D eigenvalue weighted by Gasteiger charge is 2.43. The Morgan fingerprint density at radius 2 is 0.766 bits per heavy atom. The van der Waals surface area contributed by atoms with Gasteiger partial charge in [-0.15, -0.1) is 0 Å². The minimum absolute atomic E-state index is 0.0240. The van der Waals surface area contributed by atoms with Gasteiger partial charge in [0.1, 0.15) is 12.1 Å². The minimum atomic E-state index is -4.49. The topological polar surface area (TPSA) is 698 Å². The molecule has 6 aliphatic heterocycles. The van der Waals surface area contributed by atoms with Crippen molar-refractivity contribution in [2.24, 2.45) is 17.4 Å². The molecule has 6 fully saturated rings. The van der Waals surface area contributed by atoms with Gasteiger partial charge in [-0.3, -0.25) is 56.1 Å². The zero-order valence-corrected chi connectivity index (χ0v) is 83.1. The number of hydrogen-bond donors (Lipinski definition) is 16. The monoisotopic (exact) mass is 2090 g/mol. The standard InChI is InChI=1S/C82H132N16O31S8/c1-54-60(84)52-130-68(54)18-2-4-20-70(99)85-28-8-6-16-61(89-75(101)55-48-64(124-36-10-42-132(106,107)108)73(128-40-14-46-136(118,119)120)65(49-55)125-37-11-43-133(109,110)111)77(103)87-58-24-32-97(33-25-58)80-93-79(96-30-22-57(83)23-31-96)94-81(95-80)98-34-26-59(27-35-98)88-78(104)62(17-7-9-29-86-71(100)21-5-3-19-69-72-63(53-131-69)91-82(105)92-72)90-76(102)56-50-66(126-38-12-44-134(112,113)114)74(129-41-15-47-137(121,122)123)67(51-56)127-39-13-45-135(115,116)117/h48-51,54,57-63,68-69,72H,2-47,52-53,83-84H2,1H3,(H,85,99)(H,86,100)(H,87,103)(H,88,104)(H,89,101)(H,90,102)(H2,91,92,105)(H,106,107,108)(H,109,110,111)(H,112,113,114)(H,115,116,117)(H,118,119,120)(H,121,122,123). The molecule has 8 unspecified atom stereocenters. The highest BCUT2D eigenvalue weighted by atomic mass is 32.2. The van der Waals surface area contributed by atoms with Crippen LogP contribution in [-0.4, -0.2) is 331 Å². The number of thioether (sulfide) groups is 2. The Morgan fingerprint density at radius 1 is 0.438 bits per heavy atom. The lowest BCUT2D eigenvalue weighted by atomic mass is 9.96. The van der Waals surface area contributed by atoms with Gasteiger partial charge in [-0.1, -0.05) is 19.8 Å². The molecule has 8 atom stereocenters. The Hall–Kier alpha value is -8.18. The van der Waals surface area contributed by atoms with Crippen LogP contribution in [0.2, 0.25) is 0 Å². The van der Waals surface area contributed by atoms with Gasteiger partial charge in [0.2, 0.25) is 53.0 Å². The third-order valence-electron chi connectivity index (χ3n) is 23.8. The van der Waals surface area contributed by atoms with Crippen molar-refractivity contribution in [2.75, 3.05) is 153 Å². The molecule has 18 N–H and O–H groups in total. The van der Waals surface area contributed by atoms with E-state index in [9.17, 15) is 111 Å². The molecule has 6 saturated heterocycles. The van der Waals surface area contributed by atoms with Crippen LogP contribution < -0.4 is 97.1 Å². The molecule has 47 nitrogen and oxygen atoms in total. The Bertz CT molecular complexity index is 5080. The molecular formula is C82H132N16O31S8. The molecule has 3 aromatic rings. The molecule has 7 heterocycles. The van der Waals surface area contributed by atoms with Gasteiger partial charge in [-0.25, -0.2) is 4.79 Å². The zero-order chi connectivity index (χ0) is 99.7. The number of rotatable bonds is 61. The summed E-state index contributed by atoms with van der Waals surface area (Å²) >= 11 is 3.63. The van der Waals surface area contributed by atoms with E-state index in [0.29, 0.717) is 145 Å². The fraction of sp³-hybridized carbons (Fsp3) is 0.732. The molecule has 0 radical (unpaired) electrons. The van der Waals surface area contributed by atoms with Crippen LogP contribution in [0.4, 0.5) is 22.6 Å². The number of ether oxygens (including phenoxy) is 6. The van der Waals surface area contributed by atoms with Gasteiger partial charge in [-0.2, -0.15) is 89.0 Å². The summed E-state index contributed by atoms with van der Waals surface area (Å²) in [5, 5.41) is 24.3. The molecular weight excluding hydrogens is 1960 g/mol. The third-order valence-corrected chi connectivity index (χ3v) is 31.8. The number of fused-ring (bicyclic) bond motifs is 1. The average molecular weight is 2090 g/mol. The van der Waals surface area contributed by atoms with Gasteiger partial charge in [-0.05, 0) is 171 Å². The summed E-state index contributed by atoms with van der Waals surface area (Å²) in [5.41, 5.74) is 12.2. The van der Waals surface area contributed by atoms with Gasteiger partial charge in [0.25, 0.3) is 72.5 Å². The van der Waals surface area contributed by atoms with E-state index in [1.54, 1.807) is 11.8 Å². The van der Waals surface area contributed by atoms with Crippen molar-refractivity contribution in [3.05, 3.63) is 35.4 Å². The molecule has 0 spiro atoms. The van der Waals surface area contributed by atoms with Crippen molar-refractivity contribution in [1.29, 1.82) is 0 Å². The average Bonchev–Trinajstić information content (AvgIpc) is 1.72. The number of aromatic nitrogens is 3. The molecule has 0 aliphatic carbocycles. The molecule has 6 aliphatic rings. The largest absolute Gasteiger partial charge is 0.489 e. The summed E-state index contributed by atoms with van der Waals surface area (Å²) in [6.45, 7) is 2.37. The summed E-state index contributed by atoms with van der Waals surface area (Å²) in [6, 6.07) is 1.17. The number of anilines is 3. The van der Waals surface area contributed by atoms with Crippen LogP contribution in [0.1, 0.15) is 195 Å². The Labute approximate surface area is 808 Å². The van der Waals surface area contributed by atoms with Crippen molar-refractivity contribution >= 4 is 144 Å². The summed E-state index contributed by atoms with van der Waals surface area (Å²) in [6.07, 6.45) is 7.49. The van der Waals surface area contributed by atoms with Gasteiger partial charge >= 0.3 is 6.03 Å². The second kappa shape index (κ2) is 54.2. The fourth-order valence-electron chi connectivity index (χ4n) is 16.2. The SMILES string of the molecule is CC1C(N)CSC1CCCCC(=O)NCCCCC(NC(=O)c1cc(OCCCS(=O)(=O)O)c(OCCCS(=O)(=O)O)c(OCCCS(=O)(=O)O)c1)C(=O)NC1CCN(c2nc(N3CCC(N)CC3)nc(N3CCC(NC(=O)C(CCCCNC(=O)CCCCC4SCC5NC(=O)NC54)NC(=O)c4cc(OCCCS(=O)(=O)O)c(OCCCS(=O)(=O)O)c(OCCCS(=O)(=O)O)c4)CC3)n2)CC1. The Kier molecular flexibility index (Phi) is 44.4. The van der Waals surface area contributed by atoms with Crippen LogP contribution >= 0.6 is 23.5 Å². The predicted molar refractivity (Wildman–Crippen MR) is 510 cm³/mol. The van der Waals surface area contributed by atoms with E-state index in [-0.39, 0.29) is 170 Å². The maximum atomic E-state index is 14.9. The van der Waals surface area contributed by atoms with Crippen molar-refractivity contribution < 1.29 is 140 Å². The van der Waals surface area contributed by atoms with E-state index in [1.165, 1.54) is 24.3 Å². The van der Waals surface area contributed by atoms with Crippen molar-refractivity contribution in [3.8, 4) is 34.5 Å². The summed E-state index contributed by atoms with van der Waals surface area (Å²) < 4.78 is 233. The first-order chi connectivity index (χ1) is 64.8. The van der Waals surface area contributed by atoms with E-state index in [2.05, 4.69) is 49.5 Å². The van der Waals surface area contributed by atoms with Crippen LogP contribution in [-0.2, 0) is 79.9 Å². The maximum Gasteiger partial charge on any atom is 0.315 e. The molecule has 774 valence electrons. The van der Waals surface area contributed by atoms with Crippen molar-refractivity contribution in [1.82, 2.24) is 57.5 Å². The van der Waals surface area contributed by atoms with Crippen LogP contribution in [0, 0.1) is 5.92 Å². The number of nitrogens with one attached hydrogen (secondary N) is 8.